The zero-order valence-corrected chi connectivity index (χ0v) is 18.2. The molecule has 0 saturated heterocycles. The lowest BCUT2D eigenvalue weighted by Gasteiger charge is -2.11. The summed E-state index contributed by atoms with van der Waals surface area (Å²) in [7, 11) is 1.53. The van der Waals surface area contributed by atoms with E-state index < -0.39 is 18.5 Å². The Hall–Kier alpha value is -3.65. The first-order valence-corrected chi connectivity index (χ1v) is 10.4. The Bertz CT molecular complexity index is 1260. The summed E-state index contributed by atoms with van der Waals surface area (Å²) < 4.78 is 12.3. The number of para-hydroxylation sites is 1. The lowest BCUT2D eigenvalue weighted by Crippen LogP contribution is -2.21. The zero-order valence-electron chi connectivity index (χ0n) is 17.3. The molecule has 2 aromatic carbocycles. The van der Waals surface area contributed by atoms with Crippen molar-refractivity contribution in [2.75, 3.05) is 19.0 Å². The van der Waals surface area contributed by atoms with Crippen LogP contribution < -0.4 is 10.1 Å². The van der Waals surface area contributed by atoms with Crippen LogP contribution in [0.3, 0.4) is 0 Å². The van der Waals surface area contributed by atoms with Gasteiger partial charge in [-0.1, -0.05) is 24.3 Å². The van der Waals surface area contributed by atoms with Crippen molar-refractivity contribution >= 4 is 39.1 Å². The number of benzene rings is 2. The third-order valence-electron chi connectivity index (χ3n) is 4.71. The van der Waals surface area contributed by atoms with Crippen LogP contribution in [0.4, 0.5) is 5.69 Å². The lowest BCUT2D eigenvalue weighted by atomic mass is 10.2. The van der Waals surface area contributed by atoms with E-state index in [9.17, 15) is 9.59 Å². The SMILES string of the molecule is COc1ccc(C)cc1NC(=O)COC(=O)c1cc2c(C)nn(-c3ccccc3)c2s1. The van der Waals surface area contributed by atoms with E-state index in [-0.39, 0.29) is 0 Å². The largest absolute Gasteiger partial charge is 0.495 e. The number of rotatable bonds is 6. The first-order chi connectivity index (χ1) is 15.0. The number of aryl methyl sites for hydroxylation is 2. The van der Waals surface area contributed by atoms with Crippen LogP contribution in [0.1, 0.15) is 20.9 Å². The molecule has 0 aliphatic rings. The molecule has 0 spiro atoms. The predicted molar refractivity (Wildman–Crippen MR) is 120 cm³/mol. The highest BCUT2D eigenvalue weighted by molar-refractivity contribution is 7.20. The van der Waals surface area contributed by atoms with Gasteiger partial charge in [-0.25, -0.2) is 9.48 Å². The van der Waals surface area contributed by atoms with Gasteiger partial charge in [0.25, 0.3) is 5.91 Å². The maximum absolute atomic E-state index is 12.6. The minimum atomic E-state index is -0.549. The van der Waals surface area contributed by atoms with Crippen molar-refractivity contribution in [1.82, 2.24) is 9.78 Å². The second-order valence-electron chi connectivity index (χ2n) is 6.99. The average Bonchev–Trinajstić information content (AvgIpc) is 3.33. The maximum Gasteiger partial charge on any atom is 0.348 e. The first kappa shape index (κ1) is 20.6. The number of ether oxygens (including phenoxy) is 2. The normalized spacial score (nSPS) is 10.8. The molecule has 2 heterocycles. The fourth-order valence-corrected chi connectivity index (χ4v) is 4.28. The van der Waals surface area contributed by atoms with Crippen LogP contribution in [0.25, 0.3) is 15.9 Å². The Kier molecular flexibility index (Phi) is 5.73. The summed E-state index contributed by atoms with van der Waals surface area (Å²) in [6.07, 6.45) is 0. The number of nitrogens with zero attached hydrogens (tertiary/aromatic N) is 2. The highest BCUT2D eigenvalue weighted by atomic mass is 32.1. The molecular formula is C23H21N3O4S. The molecule has 0 fully saturated rings. The molecule has 1 N–H and O–H groups in total. The summed E-state index contributed by atoms with van der Waals surface area (Å²) >= 11 is 1.29. The van der Waals surface area contributed by atoms with Gasteiger partial charge in [-0.2, -0.15) is 5.10 Å². The number of hydrogen-bond acceptors (Lipinski definition) is 6. The smallest absolute Gasteiger partial charge is 0.348 e. The number of amides is 1. The van der Waals surface area contributed by atoms with Crippen LogP contribution in [0.2, 0.25) is 0 Å². The van der Waals surface area contributed by atoms with Crippen molar-refractivity contribution in [3.8, 4) is 11.4 Å². The third-order valence-corrected chi connectivity index (χ3v) is 5.80. The molecule has 4 rings (SSSR count). The van der Waals surface area contributed by atoms with Crippen LogP contribution in [0, 0.1) is 13.8 Å². The monoisotopic (exact) mass is 435 g/mol. The van der Waals surface area contributed by atoms with Gasteiger partial charge in [0.05, 0.1) is 24.2 Å². The van der Waals surface area contributed by atoms with E-state index in [0.717, 1.165) is 27.2 Å². The van der Waals surface area contributed by atoms with E-state index in [1.807, 2.05) is 54.9 Å². The third kappa shape index (κ3) is 4.29. The highest BCUT2D eigenvalue weighted by Crippen LogP contribution is 2.31. The van der Waals surface area contributed by atoms with Crippen molar-refractivity contribution in [2.45, 2.75) is 13.8 Å². The van der Waals surface area contributed by atoms with E-state index in [1.165, 1.54) is 18.4 Å². The van der Waals surface area contributed by atoms with E-state index in [0.29, 0.717) is 16.3 Å². The van der Waals surface area contributed by atoms with Gasteiger partial charge in [0.1, 0.15) is 15.5 Å². The molecule has 0 aliphatic carbocycles. The quantitative estimate of drug-likeness (QED) is 0.451. The molecule has 0 unspecified atom stereocenters. The van der Waals surface area contributed by atoms with Crippen molar-refractivity contribution < 1.29 is 19.1 Å². The predicted octanol–water partition coefficient (Wildman–Crippen LogP) is 4.51. The number of fused-ring (bicyclic) bond motifs is 1. The summed E-state index contributed by atoms with van der Waals surface area (Å²) in [6, 6.07) is 16.9. The van der Waals surface area contributed by atoms with Crippen molar-refractivity contribution in [2.24, 2.45) is 0 Å². The summed E-state index contributed by atoms with van der Waals surface area (Å²) in [5.41, 5.74) is 3.23. The van der Waals surface area contributed by atoms with Gasteiger partial charge in [-0.05, 0) is 49.7 Å². The van der Waals surface area contributed by atoms with Gasteiger partial charge in [0.15, 0.2) is 6.61 Å². The Morgan fingerprint density at radius 1 is 1.10 bits per heavy atom. The Balaban J connectivity index is 1.47. The lowest BCUT2D eigenvalue weighted by molar-refractivity contribution is -0.119. The molecule has 0 atom stereocenters. The fraction of sp³-hybridized carbons (Fsp3) is 0.174. The molecule has 0 saturated carbocycles. The van der Waals surface area contributed by atoms with Gasteiger partial charge < -0.3 is 14.8 Å². The molecule has 0 radical (unpaired) electrons. The average molecular weight is 436 g/mol. The van der Waals surface area contributed by atoms with Crippen molar-refractivity contribution in [1.29, 1.82) is 0 Å². The molecule has 4 aromatic rings. The molecule has 0 aliphatic heterocycles. The molecule has 158 valence electrons. The number of nitrogens with one attached hydrogen (secondary N) is 1. The standard InChI is InChI=1S/C23H21N3O4S/c1-14-9-10-19(29-3)18(11-14)24-21(27)13-30-23(28)20-12-17-15(2)25-26(22(17)31-20)16-7-5-4-6-8-16/h4-12H,13H2,1-3H3,(H,24,27). The maximum atomic E-state index is 12.6. The Morgan fingerprint density at radius 3 is 2.61 bits per heavy atom. The van der Waals surface area contributed by atoms with Gasteiger partial charge in [-0.3, -0.25) is 4.79 Å². The molecule has 2 aromatic heterocycles. The van der Waals surface area contributed by atoms with Crippen LogP contribution in [0.15, 0.2) is 54.6 Å². The molecule has 8 heteroatoms. The van der Waals surface area contributed by atoms with Crippen LogP contribution in [0.5, 0.6) is 5.75 Å². The van der Waals surface area contributed by atoms with Crippen molar-refractivity contribution in [3.05, 3.63) is 70.7 Å². The van der Waals surface area contributed by atoms with Crippen molar-refractivity contribution in [3.63, 3.8) is 0 Å². The van der Waals surface area contributed by atoms with Gasteiger partial charge in [0, 0.05) is 5.39 Å². The minimum absolute atomic E-state index is 0.395. The number of thiophene rings is 1. The van der Waals surface area contributed by atoms with E-state index >= 15 is 0 Å². The second-order valence-corrected chi connectivity index (χ2v) is 8.02. The molecule has 1 amide bonds. The van der Waals surface area contributed by atoms with E-state index in [1.54, 1.807) is 18.2 Å². The summed E-state index contributed by atoms with van der Waals surface area (Å²) in [5, 5.41) is 8.17. The number of esters is 1. The minimum Gasteiger partial charge on any atom is -0.495 e. The first-order valence-electron chi connectivity index (χ1n) is 9.62. The molecular weight excluding hydrogens is 414 g/mol. The summed E-state index contributed by atoms with van der Waals surface area (Å²) in [4.78, 5) is 26.1. The Labute approximate surface area is 183 Å². The van der Waals surface area contributed by atoms with Gasteiger partial charge in [-0.15, -0.1) is 11.3 Å². The highest BCUT2D eigenvalue weighted by Gasteiger charge is 2.19. The number of anilines is 1. The summed E-state index contributed by atoms with van der Waals surface area (Å²) in [5.74, 6) is -0.452. The topological polar surface area (TPSA) is 82.4 Å². The Morgan fingerprint density at radius 2 is 1.87 bits per heavy atom. The summed E-state index contributed by atoms with van der Waals surface area (Å²) in [6.45, 7) is 3.41. The molecule has 31 heavy (non-hydrogen) atoms. The van der Waals surface area contributed by atoms with Crippen LogP contribution >= 0.6 is 11.3 Å². The van der Waals surface area contributed by atoms with Gasteiger partial charge >= 0.3 is 5.97 Å². The van der Waals surface area contributed by atoms with Gasteiger partial charge in [0.2, 0.25) is 0 Å². The van der Waals surface area contributed by atoms with Crippen LogP contribution in [-0.2, 0) is 9.53 Å². The molecule has 0 bridgehead atoms. The number of carbonyl (C=O) groups excluding carboxylic acids is 2. The number of hydrogen-bond donors (Lipinski definition) is 1. The van der Waals surface area contributed by atoms with E-state index in [4.69, 9.17) is 9.47 Å². The molecule has 7 nitrogen and oxygen atoms in total. The number of aromatic nitrogens is 2. The number of carbonyl (C=O) groups is 2. The van der Waals surface area contributed by atoms with E-state index in [2.05, 4.69) is 10.4 Å². The second kappa shape index (κ2) is 8.61. The zero-order chi connectivity index (χ0) is 22.0. The fourth-order valence-electron chi connectivity index (χ4n) is 3.20. The number of methoxy groups -OCH3 is 1. The van der Waals surface area contributed by atoms with Crippen LogP contribution in [-0.4, -0.2) is 35.4 Å².